The van der Waals surface area contributed by atoms with Crippen molar-refractivity contribution in [2.45, 2.75) is 13.0 Å². The minimum Gasteiger partial charge on any atom is -0.497 e. The van der Waals surface area contributed by atoms with Crippen LogP contribution in [0.1, 0.15) is 28.9 Å². The van der Waals surface area contributed by atoms with Gasteiger partial charge >= 0.3 is 0 Å². The van der Waals surface area contributed by atoms with Crippen molar-refractivity contribution in [3.63, 3.8) is 0 Å². The zero-order valence-electron chi connectivity index (χ0n) is 16.6. The van der Waals surface area contributed by atoms with E-state index in [1.54, 1.807) is 24.3 Å². The van der Waals surface area contributed by atoms with Crippen LogP contribution in [0.2, 0.25) is 0 Å². The van der Waals surface area contributed by atoms with Crippen molar-refractivity contribution < 1.29 is 13.9 Å². The van der Waals surface area contributed by atoms with Crippen LogP contribution in [0.15, 0.2) is 77.4 Å². The SMILES string of the molecule is COc1ccc(C(C)N(C)C(=O)c2cc(-c3ccco3)nc3ccccc23)cc1. The first-order valence-corrected chi connectivity index (χ1v) is 9.43. The lowest BCUT2D eigenvalue weighted by atomic mass is 10.0. The summed E-state index contributed by atoms with van der Waals surface area (Å²) in [5.74, 6) is 1.36. The third-order valence-electron chi connectivity index (χ3n) is 5.22. The summed E-state index contributed by atoms with van der Waals surface area (Å²) in [6.45, 7) is 2.01. The Bertz CT molecular complexity index is 1130. The normalized spacial score (nSPS) is 12.0. The Hall–Kier alpha value is -3.60. The predicted octanol–water partition coefficient (Wildman–Crippen LogP) is 5.34. The number of para-hydroxylation sites is 1. The molecule has 0 saturated carbocycles. The molecule has 4 rings (SSSR count). The third kappa shape index (κ3) is 3.59. The monoisotopic (exact) mass is 386 g/mol. The standard InChI is InChI=1S/C24H22N2O3/c1-16(17-10-12-18(28-3)13-11-17)26(2)24(27)20-15-22(23-9-6-14-29-23)25-21-8-5-4-7-19(20)21/h4-16H,1-3H3. The molecule has 5 nitrogen and oxygen atoms in total. The van der Waals surface area contributed by atoms with E-state index in [2.05, 4.69) is 4.98 Å². The van der Waals surface area contributed by atoms with Crippen LogP contribution in [-0.2, 0) is 0 Å². The van der Waals surface area contributed by atoms with E-state index >= 15 is 0 Å². The zero-order valence-corrected chi connectivity index (χ0v) is 16.6. The predicted molar refractivity (Wildman–Crippen MR) is 113 cm³/mol. The number of ether oxygens (including phenoxy) is 1. The molecule has 1 amide bonds. The van der Waals surface area contributed by atoms with Crippen LogP contribution in [0.4, 0.5) is 0 Å². The molecule has 2 heterocycles. The van der Waals surface area contributed by atoms with Gasteiger partial charge in [0.2, 0.25) is 0 Å². The fraction of sp³-hybridized carbons (Fsp3) is 0.167. The Morgan fingerprint density at radius 1 is 1.07 bits per heavy atom. The molecule has 29 heavy (non-hydrogen) atoms. The lowest BCUT2D eigenvalue weighted by molar-refractivity contribution is 0.0744. The van der Waals surface area contributed by atoms with Gasteiger partial charge < -0.3 is 14.1 Å². The number of aromatic nitrogens is 1. The third-order valence-corrected chi connectivity index (χ3v) is 5.22. The highest BCUT2D eigenvalue weighted by Crippen LogP contribution is 2.28. The van der Waals surface area contributed by atoms with Crippen molar-refractivity contribution in [1.29, 1.82) is 0 Å². The van der Waals surface area contributed by atoms with E-state index in [0.29, 0.717) is 17.0 Å². The topological polar surface area (TPSA) is 55.6 Å². The Kier molecular flexibility index (Phi) is 5.04. The molecule has 1 unspecified atom stereocenters. The van der Waals surface area contributed by atoms with Gasteiger partial charge in [0.1, 0.15) is 11.4 Å². The maximum atomic E-state index is 13.5. The van der Waals surface area contributed by atoms with Crippen LogP contribution in [0.5, 0.6) is 5.75 Å². The molecule has 0 aliphatic carbocycles. The molecule has 0 aliphatic heterocycles. The lowest BCUT2D eigenvalue weighted by Crippen LogP contribution is -2.30. The largest absolute Gasteiger partial charge is 0.497 e. The van der Waals surface area contributed by atoms with Crippen molar-refractivity contribution in [3.05, 3.63) is 84.1 Å². The fourth-order valence-electron chi connectivity index (χ4n) is 3.37. The first-order valence-electron chi connectivity index (χ1n) is 9.43. The second-order valence-electron chi connectivity index (χ2n) is 6.91. The van der Waals surface area contributed by atoms with Gasteiger partial charge in [-0.2, -0.15) is 0 Å². The molecule has 2 aromatic carbocycles. The fourth-order valence-corrected chi connectivity index (χ4v) is 3.37. The second kappa shape index (κ2) is 7.80. The van der Waals surface area contributed by atoms with E-state index in [1.165, 1.54) is 0 Å². The molecular formula is C24H22N2O3. The zero-order chi connectivity index (χ0) is 20.4. The van der Waals surface area contributed by atoms with E-state index < -0.39 is 0 Å². The Labute approximate surface area is 169 Å². The van der Waals surface area contributed by atoms with Gasteiger partial charge in [0.05, 0.1) is 30.5 Å². The van der Waals surface area contributed by atoms with E-state index in [4.69, 9.17) is 9.15 Å². The summed E-state index contributed by atoms with van der Waals surface area (Å²) in [6, 6.07) is 20.8. The summed E-state index contributed by atoms with van der Waals surface area (Å²) >= 11 is 0. The van der Waals surface area contributed by atoms with Crippen LogP contribution in [0, 0.1) is 0 Å². The molecule has 0 aliphatic rings. The summed E-state index contributed by atoms with van der Waals surface area (Å²) < 4.78 is 10.7. The Morgan fingerprint density at radius 2 is 1.83 bits per heavy atom. The van der Waals surface area contributed by atoms with Crippen LogP contribution in [0.25, 0.3) is 22.4 Å². The van der Waals surface area contributed by atoms with Gasteiger partial charge in [0, 0.05) is 12.4 Å². The number of methoxy groups -OCH3 is 1. The molecule has 0 saturated heterocycles. The highest BCUT2D eigenvalue weighted by molar-refractivity contribution is 6.07. The van der Waals surface area contributed by atoms with Gasteiger partial charge in [-0.1, -0.05) is 30.3 Å². The van der Waals surface area contributed by atoms with Gasteiger partial charge in [-0.15, -0.1) is 0 Å². The van der Waals surface area contributed by atoms with Gasteiger partial charge in [0.25, 0.3) is 5.91 Å². The number of nitrogens with zero attached hydrogens (tertiary/aromatic N) is 2. The number of benzene rings is 2. The van der Waals surface area contributed by atoms with Gasteiger partial charge in [-0.25, -0.2) is 4.98 Å². The number of pyridine rings is 1. The molecule has 2 aromatic heterocycles. The molecular weight excluding hydrogens is 364 g/mol. The first-order chi connectivity index (χ1) is 14.1. The summed E-state index contributed by atoms with van der Waals surface area (Å²) in [5, 5.41) is 0.821. The number of fused-ring (bicyclic) bond motifs is 1. The van der Waals surface area contributed by atoms with E-state index in [0.717, 1.165) is 22.2 Å². The molecule has 0 bridgehead atoms. The number of rotatable bonds is 5. The van der Waals surface area contributed by atoms with Crippen LogP contribution >= 0.6 is 0 Å². The second-order valence-corrected chi connectivity index (χ2v) is 6.91. The molecule has 0 spiro atoms. The van der Waals surface area contributed by atoms with Crippen LogP contribution in [0.3, 0.4) is 0 Å². The first kappa shape index (κ1) is 18.7. The van der Waals surface area contributed by atoms with Gasteiger partial charge in [-0.05, 0) is 48.9 Å². The molecule has 0 fully saturated rings. The molecule has 0 N–H and O–H groups in total. The number of amides is 1. The van der Waals surface area contributed by atoms with Crippen LogP contribution in [-0.4, -0.2) is 29.9 Å². The van der Waals surface area contributed by atoms with Crippen molar-refractivity contribution in [1.82, 2.24) is 9.88 Å². The summed E-state index contributed by atoms with van der Waals surface area (Å²) in [5.41, 5.74) is 3.04. The minimum atomic E-state index is -0.104. The van der Waals surface area contributed by atoms with E-state index in [-0.39, 0.29) is 11.9 Å². The Balaban J connectivity index is 1.73. The molecule has 146 valence electrons. The number of hydrogen-bond donors (Lipinski definition) is 0. The van der Waals surface area contributed by atoms with Gasteiger partial charge in [-0.3, -0.25) is 4.79 Å². The minimum absolute atomic E-state index is 0.0697. The summed E-state index contributed by atoms with van der Waals surface area (Å²) in [6.07, 6.45) is 1.60. The number of carbonyl (C=O) groups is 1. The van der Waals surface area contributed by atoms with E-state index in [9.17, 15) is 4.79 Å². The number of carbonyl (C=O) groups excluding carboxylic acids is 1. The van der Waals surface area contributed by atoms with E-state index in [1.807, 2.05) is 74.6 Å². The average molecular weight is 386 g/mol. The average Bonchev–Trinajstić information content (AvgIpc) is 3.32. The number of furan rings is 1. The Morgan fingerprint density at radius 3 is 2.52 bits per heavy atom. The quantitative estimate of drug-likeness (QED) is 0.465. The number of hydrogen-bond acceptors (Lipinski definition) is 4. The van der Waals surface area contributed by atoms with Crippen molar-refractivity contribution >= 4 is 16.8 Å². The smallest absolute Gasteiger partial charge is 0.254 e. The maximum absolute atomic E-state index is 13.5. The van der Waals surface area contributed by atoms with Crippen molar-refractivity contribution in [2.75, 3.05) is 14.2 Å². The highest BCUT2D eigenvalue weighted by atomic mass is 16.5. The summed E-state index contributed by atoms with van der Waals surface area (Å²) in [7, 11) is 3.46. The van der Waals surface area contributed by atoms with Crippen molar-refractivity contribution in [2.24, 2.45) is 0 Å². The van der Waals surface area contributed by atoms with Crippen molar-refractivity contribution in [3.8, 4) is 17.2 Å². The van der Waals surface area contributed by atoms with Crippen LogP contribution < -0.4 is 4.74 Å². The highest BCUT2D eigenvalue weighted by Gasteiger charge is 2.22. The lowest BCUT2D eigenvalue weighted by Gasteiger charge is -2.26. The van der Waals surface area contributed by atoms with Gasteiger partial charge in [0.15, 0.2) is 5.76 Å². The molecule has 4 aromatic rings. The molecule has 5 heteroatoms. The summed E-state index contributed by atoms with van der Waals surface area (Å²) in [4.78, 5) is 19.9. The molecule has 1 atom stereocenters. The maximum Gasteiger partial charge on any atom is 0.254 e. The molecule has 0 radical (unpaired) electrons.